The third-order valence-corrected chi connectivity index (χ3v) is 2.99. The molecule has 1 heterocycles. The highest BCUT2D eigenvalue weighted by molar-refractivity contribution is 5.35. The summed E-state index contributed by atoms with van der Waals surface area (Å²) < 4.78 is 47.6. The van der Waals surface area contributed by atoms with E-state index >= 15 is 0 Å². The Balaban J connectivity index is 1.58. The minimum absolute atomic E-state index is 0.0896. The number of rotatable bonds is 5. The van der Waals surface area contributed by atoms with Crippen LogP contribution in [0.5, 0.6) is 17.2 Å². The van der Waals surface area contributed by atoms with E-state index in [9.17, 15) is 8.78 Å². The number of ether oxygens (including phenoxy) is 4. The standard InChI is InChI=1S/C17H14F2O4/c1-11-20-9-17(22-11)10-21-14-2-4-15(5-3-14)23-16-7-12(18)6-13(19)8-16/h2-9,11H,10H2,1H3. The van der Waals surface area contributed by atoms with Gasteiger partial charge >= 0.3 is 0 Å². The topological polar surface area (TPSA) is 36.9 Å². The first-order valence-corrected chi connectivity index (χ1v) is 6.96. The number of hydrogen-bond acceptors (Lipinski definition) is 4. The molecule has 1 atom stereocenters. The van der Waals surface area contributed by atoms with Gasteiger partial charge in [-0.3, -0.25) is 0 Å². The van der Waals surface area contributed by atoms with Crippen molar-refractivity contribution in [3.8, 4) is 17.2 Å². The fourth-order valence-electron chi connectivity index (χ4n) is 1.99. The van der Waals surface area contributed by atoms with Crippen molar-refractivity contribution < 1.29 is 27.7 Å². The van der Waals surface area contributed by atoms with E-state index in [1.807, 2.05) is 0 Å². The third kappa shape index (κ3) is 4.12. The zero-order valence-electron chi connectivity index (χ0n) is 12.3. The average molecular weight is 320 g/mol. The maximum Gasteiger partial charge on any atom is 0.237 e. The van der Waals surface area contributed by atoms with E-state index < -0.39 is 11.6 Å². The summed E-state index contributed by atoms with van der Waals surface area (Å²) in [5.41, 5.74) is 0. The summed E-state index contributed by atoms with van der Waals surface area (Å²) >= 11 is 0. The molecule has 0 fully saturated rings. The van der Waals surface area contributed by atoms with Gasteiger partial charge in [-0.05, 0) is 24.3 Å². The zero-order valence-corrected chi connectivity index (χ0v) is 12.3. The Morgan fingerprint density at radius 1 is 0.957 bits per heavy atom. The molecule has 0 bridgehead atoms. The minimum atomic E-state index is -0.693. The highest BCUT2D eigenvalue weighted by Gasteiger charge is 2.14. The van der Waals surface area contributed by atoms with Crippen molar-refractivity contribution in [2.45, 2.75) is 13.2 Å². The van der Waals surface area contributed by atoms with E-state index in [0.717, 1.165) is 18.2 Å². The molecule has 2 aromatic rings. The van der Waals surface area contributed by atoms with E-state index in [2.05, 4.69) is 0 Å². The van der Waals surface area contributed by atoms with Crippen LogP contribution in [0, 0.1) is 11.6 Å². The lowest BCUT2D eigenvalue weighted by molar-refractivity contribution is -0.0201. The Hall–Kier alpha value is -2.76. The fraction of sp³-hybridized carbons (Fsp3) is 0.176. The van der Waals surface area contributed by atoms with Gasteiger partial charge in [0, 0.05) is 25.1 Å². The minimum Gasteiger partial charge on any atom is -0.486 e. The SMILES string of the molecule is CC1OC=C(COc2ccc(Oc3cc(F)cc(F)c3)cc2)O1. The van der Waals surface area contributed by atoms with E-state index in [1.54, 1.807) is 31.2 Å². The molecule has 0 saturated carbocycles. The Labute approximate surface area is 131 Å². The van der Waals surface area contributed by atoms with Crippen LogP contribution in [0.3, 0.4) is 0 Å². The van der Waals surface area contributed by atoms with Crippen LogP contribution in [0.15, 0.2) is 54.5 Å². The van der Waals surface area contributed by atoms with Crippen molar-refractivity contribution in [1.29, 1.82) is 0 Å². The molecule has 1 aliphatic heterocycles. The van der Waals surface area contributed by atoms with E-state index in [1.165, 1.54) is 6.26 Å². The normalized spacial score (nSPS) is 16.3. The molecule has 120 valence electrons. The van der Waals surface area contributed by atoms with Crippen LogP contribution in [0.1, 0.15) is 6.92 Å². The Morgan fingerprint density at radius 2 is 1.61 bits per heavy atom. The van der Waals surface area contributed by atoms with Crippen molar-refractivity contribution >= 4 is 0 Å². The molecule has 0 spiro atoms. The van der Waals surface area contributed by atoms with Crippen LogP contribution in [0.2, 0.25) is 0 Å². The molecule has 0 radical (unpaired) electrons. The summed E-state index contributed by atoms with van der Waals surface area (Å²) in [6.45, 7) is 2.03. The number of halogens is 2. The smallest absolute Gasteiger partial charge is 0.237 e. The van der Waals surface area contributed by atoms with Gasteiger partial charge in [-0.2, -0.15) is 0 Å². The molecule has 0 aliphatic carbocycles. The lowest BCUT2D eigenvalue weighted by Crippen LogP contribution is -2.06. The molecular weight excluding hydrogens is 306 g/mol. The summed E-state index contributed by atoms with van der Waals surface area (Å²) in [6.07, 6.45) is 1.22. The summed E-state index contributed by atoms with van der Waals surface area (Å²) in [5.74, 6) is 0.352. The Morgan fingerprint density at radius 3 is 2.22 bits per heavy atom. The van der Waals surface area contributed by atoms with Crippen molar-refractivity contribution in [3.63, 3.8) is 0 Å². The predicted octanol–water partition coefficient (Wildman–Crippen LogP) is 4.37. The molecular formula is C17H14F2O4. The second-order valence-electron chi connectivity index (χ2n) is 4.87. The van der Waals surface area contributed by atoms with Crippen molar-refractivity contribution in [2.75, 3.05) is 6.61 Å². The highest BCUT2D eigenvalue weighted by atomic mass is 19.1. The molecule has 0 N–H and O–H groups in total. The molecule has 23 heavy (non-hydrogen) atoms. The second kappa shape index (κ2) is 6.56. The van der Waals surface area contributed by atoms with Gasteiger partial charge in [0.1, 0.15) is 41.8 Å². The summed E-state index contributed by atoms with van der Waals surface area (Å²) in [5, 5.41) is 0. The first kappa shape index (κ1) is 15.1. The van der Waals surface area contributed by atoms with Gasteiger partial charge < -0.3 is 18.9 Å². The van der Waals surface area contributed by atoms with Gasteiger partial charge in [-0.15, -0.1) is 0 Å². The van der Waals surface area contributed by atoms with Crippen LogP contribution in [0.25, 0.3) is 0 Å². The van der Waals surface area contributed by atoms with Gasteiger partial charge in [-0.1, -0.05) is 0 Å². The average Bonchev–Trinajstić information content (AvgIpc) is 2.91. The van der Waals surface area contributed by atoms with Crippen molar-refractivity contribution in [2.24, 2.45) is 0 Å². The predicted molar refractivity (Wildman–Crippen MR) is 78.1 cm³/mol. The number of hydrogen-bond donors (Lipinski definition) is 0. The van der Waals surface area contributed by atoms with Gasteiger partial charge in [0.05, 0.1) is 0 Å². The highest BCUT2D eigenvalue weighted by Crippen LogP contribution is 2.25. The summed E-state index contributed by atoms with van der Waals surface area (Å²) in [4.78, 5) is 0. The molecule has 6 heteroatoms. The second-order valence-corrected chi connectivity index (χ2v) is 4.87. The van der Waals surface area contributed by atoms with E-state index in [-0.39, 0.29) is 18.6 Å². The summed E-state index contributed by atoms with van der Waals surface area (Å²) in [7, 11) is 0. The van der Waals surface area contributed by atoms with Crippen molar-refractivity contribution in [1.82, 2.24) is 0 Å². The first-order chi connectivity index (χ1) is 11.1. The molecule has 0 amide bonds. The molecule has 0 aromatic heterocycles. The molecule has 1 aliphatic rings. The number of benzene rings is 2. The molecule has 2 aromatic carbocycles. The Kier molecular flexibility index (Phi) is 4.32. The third-order valence-electron chi connectivity index (χ3n) is 2.99. The largest absolute Gasteiger partial charge is 0.486 e. The fourth-order valence-corrected chi connectivity index (χ4v) is 1.99. The van der Waals surface area contributed by atoms with Gasteiger partial charge in [0.25, 0.3) is 0 Å². The van der Waals surface area contributed by atoms with Crippen LogP contribution >= 0.6 is 0 Å². The van der Waals surface area contributed by atoms with E-state index in [4.69, 9.17) is 18.9 Å². The van der Waals surface area contributed by atoms with Crippen LogP contribution < -0.4 is 9.47 Å². The maximum absolute atomic E-state index is 13.1. The van der Waals surface area contributed by atoms with E-state index in [0.29, 0.717) is 17.3 Å². The lowest BCUT2D eigenvalue weighted by atomic mass is 10.3. The van der Waals surface area contributed by atoms with Crippen LogP contribution in [-0.2, 0) is 9.47 Å². The maximum atomic E-state index is 13.1. The lowest BCUT2D eigenvalue weighted by Gasteiger charge is -2.09. The van der Waals surface area contributed by atoms with Gasteiger partial charge in [0.2, 0.25) is 6.29 Å². The monoisotopic (exact) mass is 320 g/mol. The molecule has 1 unspecified atom stereocenters. The quantitative estimate of drug-likeness (QED) is 0.820. The van der Waals surface area contributed by atoms with Crippen LogP contribution in [0.4, 0.5) is 8.78 Å². The van der Waals surface area contributed by atoms with Crippen molar-refractivity contribution in [3.05, 3.63) is 66.1 Å². The Bertz CT molecular complexity index is 693. The molecule has 3 rings (SSSR count). The summed E-state index contributed by atoms with van der Waals surface area (Å²) in [6, 6.07) is 9.66. The molecule has 4 nitrogen and oxygen atoms in total. The van der Waals surface area contributed by atoms with Gasteiger partial charge in [0.15, 0.2) is 5.76 Å². The first-order valence-electron chi connectivity index (χ1n) is 6.96. The molecule has 0 saturated heterocycles. The zero-order chi connectivity index (χ0) is 16.2. The van der Waals surface area contributed by atoms with Crippen LogP contribution in [-0.4, -0.2) is 12.9 Å². The van der Waals surface area contributed by atoms with Gasteiger partial charge in [-0.25, -0.2) is 8.78 Å².